The highest BCUT2D eigenvalue weighted by molar-refractivity contribution is 5.99. The Bertz CT molecular complexity index is 414. The third-order valence-electron chi connectivity index (χ3n) is 3.31. The number of hydrogen-bond acceptors (Lipinski definition) is 3. The third-order valence-corrected chi connectivity index (χ3v) is 3.31. The smallest absolute Gasteiger partial charge is 0.256 e. The van der Waals surface area contributed by atoms with E-state index in [-0.39, 0.29) is 12.0 Å². The number of likely N-dealkylation sites (N-methyl/N-ethyl adjacent to an activating group) is 1. The molecule has 1 heterocycles. The van der Waals surface area contributed by atoms with Gasteiger partial charge in [-0.3, -0.25) is 4.79 Å². The molecule has 4 nitrogen and oxygen atoms in total. The number of anilines is 1. The highest BCUT2D eigenvalue weighted by Crippen LogP contribution is 2.17. The second-order valence-electron chi connectivity index (χ2n) is 4.57. The predicted octanol–water partition coefficient (Wildman–Crippen LogP) is 1.91. The topological polar surface area (TPSA) is 55.6 Å². The van der Waals surface area contributed by atoms with Crippen LogP contribution in [0.1, 0.15) is 30.1 Å². The van der Waals surface area contributed by atoms with Crippen molar-refractivity contribution in [3.05, 3.63) is 29.8 Å². The molecule has 1 saturated heterocycles. The van der Waals surface area contributed by atoms with Gasteiger partial charge in [0.25, 0.3) is 5.91 Å². The van der Waals surface area contributed by atoms with Crippen LogP contribution in [0.5, 0.6) is 0 Å². The maximum absolute atomic E-state index is 12.4. The lowest BCUT2D eigenvalue weighted by Gasteiger charge is -2.24. The molecular weight excluding hydrogens is 228 g/mol. The molecule has 1 aromatic rings. The summed E-state index contributed by atoms with van der Waals surface area (Å²) in [5.74, 6) is -0.00824. The Hall–Kier alpha value is -1.55. The lowest BCUT2D eigenvalue weighted by atomic mass is 10.1. The fraction of sp³-hybridized carbons (Fsp3) is 0.500. The van der Waals surface area contributed by atoms with E-state index in [1.807, 2.05) is 24.0 Å². The lowest BCUT2D eigenvalue weighted by molar-refractivity contribution is 0.0540. The first-order valence-corrected chi connectivity index (χ1v) is 6.47. The second kappa shape index (κ2) is 5.87. The molecule has 1 amide bonds. The van der Waals surface area contributed by atoms with E-state index < -0.39 is 0 Å². The van der Waals surface area contributed by atoms with E-state index in [0.717, 1.165) is 19.4 Å². The summed E-state index contributed by atoms with van der Waals surface area (Å²) in [6.07, 6.45) is 2.30. The number of para-hydroxylation sites is 1. The van der Waals surface area contributed by atoms with Gasteiger partial charge in [-0.15, -0.1) is 0 Å². The average Bonchev–Trinajstić information content (AvgIpc) is 2.88. The maximum atomic E-state index is 12.4. The first-order chi connectivity index (χ1) is 8.72. The van der Waals surface area contributed by atoms with Crippen molar-refractivity contribution in [2.75, 3.05) is 25.4 Å². The minimum absolute atomic E-state index is 0.00824. The van der Waals surface area contributed by atoms with Crippen LogP contribution in [0, 0.1) is 0 Å². The van der Waals surface area contributed by atoms with Gasteiger partial charge in [-0.2, -0.15) is 0 Å². The molecule has 1 unspecified atom stereocenters. The molecule has 0 radical (unpaired) electrons. The molecule has 2 N–H and O–H groups in total. The zero-order valence-corrected chi connectivity index (χ0v) is 10.8. The summed E-state index contributed by atoms with van der Waals surface area (Å²) in [4.78, 5) is 14.2. The SMILES string of the molecule is CCN(CC1CCCO1)C(=O)c1ccccc1N. The van der Waals surface area contributed by atoms with Gasteiger partial charge in [-0.1, -0.05) is 12.1 Å². The summed E-state index contributed by atoms with van der Waals surface area (Å²) in [6.45, 7) is 4.12. The first kappa shape index (κ1) is 12.9. The predicted molar refractivity (Wildman–Crippen MR) is 71.4 cm³/mol. The van der Waals surface area contributed by atoms with Gasteiger partial charge in [-0.05, 0) is 31.9 Å². The van der Waals surface area contributed by atoms with Crippen molar-refractivity contribution >= 4 is 11.6 Å². The van der Waals surface area contributed by atoms with Gasteiger partial charge in [0.05, 0.1) is 11.7 Å². The summed E-state index contributed by atoms with van der Waals surface area (Å²) in [6, 6.07) is 7.20. The Kier molecular flexibility index (Phi) is 4.20. The highest BCUT2D eigenvalue weighted by Gasteiger charge is 2.23. The molecule has 4 heteroatoms. The number of hydrogen-bond donors (Lipinski definition) is 1. The van der Waals surface area contributed by atoms with E-state index in [1.165, 1.54) is 0 Å². The Morgan fingerprint density at radius 3 is 2.89 bits per heavy atom. The summed E-state index contributed by atoms with van der Waals surface area (Å²) >= 11 is 0. The number of carbonyl (C=O) groups is 1. The molecule has 1 aliphatic heterocycles. The standard InChI is InChI=1S/C14H20N2O2/c1-2-16(10-11-6-5-9-18-11)14(17)12-7-3-4-8-13(12)15/h3-4,7-8,11H,2,5-6,9-10,15H2,1H3. The van der Waals surface area contributed by atoms with Crippen molar-refractivity contribution in [2.45, 2.75) is 25.9 Å². The van der Waals surface area contributed by atoms with E-state index >= 15 is 0 Å². The van der Waals surface area contributed by atoms with Crippen molar-refractivity contribution in [3.8, 4) is 0 Å². The number of nitrogens with zero attached hydrogens (tertiary/aromatic N) is 1. The Labute approximate surface area is 108 Å². The minimum atomic E-state index is -0.00824. The monoisotopic (exact) mass is 248 g/mol. The zero-order valence-electron chi connectivity index (χ0n) is 10.8. The van der Waals surface area contributed by atoms with Crippen molar-refractivity contribution in [2.24, 2.45) is 0 Å². The quantitative estimate of drug-likeness (QED) is 0.828. The van der Waals surface area contributed by atoms with Crippen LogP contribution in [-0.2, 0) is 4.74 Å². The van der Waals surface area contributed by atoms with Gasteiger partial charge in [0, 0.05) is 25.4 Å². The second-order valence-corrected chi connectivity index (χ2v) is 4.57. The maximum Gasteiger partial charge on any atom is 0.256 e. The summed E-state index contributed by atoms with van der Waals surface area (Å²) in [7, 11) is 0. The highest BCUT2D eigenvalue weighted by atomic mass is 16.5. The molecule has 18 heavy (non-hydrogen) atoms. The fourth-order valence-electron chi connectivity index (χ4n) is 2.25. The molecule has 98 valence electrons. The Balaban J connectivity index is 2.07. The molecule has 0 bridgehead atoms. The van der Waals surface area contributed by atoms with Gasteiger partial charge in [0.2, 0.25) is 0 Å². The van der Waals surface area contributed by atoms with Gasteiger partial charge in [-0.25, -0.2) is 0 Å². The number of nitrogen functional groups attached to an aromatic ring is 1. The number of ether oxygens (including phenoxy) is 1. The van der Waals surface area contributed by atoms with E-state index in [0.29, 0.717) is 24.3 Å². The van der Waals surface area contributed by atoms with Gasteiger partial charge in [0.15, 0.2) is 0 Å². The van der Waals surface area contributed by atoms with Crippen LogP contribution in [0.3, 0.4) is 0 Å². The zero-order chi connectivity index (χ0) is 13.0. The molecule has 1 atom stereocenters. The number of carbonyl (C=O) groups excluding carboxylic acids is 1. The molecule has 1 fully saturated rings. The first-order valence-electron chi connectivity index (χ1n) is 6.47. The van der Waals surface area contributed by atoms with Crippen LogP contribution in [0.4, 0.5) is 5.69 Å². The molecule has 1 aromatic carbocycles. The number of rotatable bonds is 4. The largest absolute Gasteiger partial charge is 0.398 e. The van der Waals surface area contributed by atoms with Gasteiger partial charge >= 0.3 is 0 Å². The van der Waals surface area contributed by atoms with Crippen LogP contribution >= 0.6 is 0 Å². The van der Waals surface area contributed by atoms with Crippen molar-refractivity contribution in [1.29, 1.82) is 0 Å². The Morgan fingerprint density at radius 2 is 2.28 bits per heavy atom. The van der Waals surface area contributed by atoms with Gasteiger partial charge in [0.1, 0.15) is 0 Å². The van der Waals surface area contributed by atoms with E-state index in [2.05, 4.69) is 0 Å². The third kappa shape index (κ3) is 2.82. The average molecular weight is 248 g/mol. The van der Waals surface area contributed by atoms with Crippen LogP contribution in [0.2, 0.25) is 0 Å². The van der Waals surface area contributed by atoms with Crippen LogP contribution in [0.15, 0.2) is 24.3 Å². The van der Waals surface area contributed by atoms with E-state index in [1.54, 1.807) is 12.1 Å². The molecular formula is C14H20N2O2. The Morgan fingerprint density at radius 1 is 1.50 bits per heavy atom. The lowest BCUT2D eigenvalue weighted by Crippen LogP contribution is -2.37. The van der Waals surface area contributed by atoms with Crippen LogP contribution in [0.25, 0.3) is 0 Å². The number of amides is 1. The van der Waals surface area contributed by atoms with Crippen molar-refractivity contribution in [3.63, 3.8) is 0 Å². The molecule has 2 rings (SSSR count). The number of nitrogens with two attached hydrogens (primary N) is 1. The van der Waals surface area contributed by atoms with Crippen LogP contribution in [-0.4, -0.2) is 36.6 Å². The molecule has 0 aromatic heterocycles. The fourth-order valence-corrected chi connectivity index (χ4v) is 2.25. The normalized spacial score (nSPS) is 18.8. The summed E-state index contributed by atoms with van der Waals surface area (Å²) in [5, 5.41) is 0. The molecule has 1 aliphatic rings. The van der Waals surface area contributed by atoms with E-state index in [9.17, 15) is 4.79 Å². The summed E-state index contributed by atoms with van der Waals surface area (Å²) < 4.78 is 5.58. The van der Waals surface area contributed by atoms with Crippen molar-refractivity contribution in [1.82, 2.24) is 4.90 Å². The molecule has 0 saturated carbocycles. The molecule has 0 spiro atoms. The van der Waals surface area contributed by atoms with E-state index in [4.69, 9.17) is 10.5 Å². The van der Waals surface area contributed by atoms with Crippen molar-refractivity contribution < 1.29 is 9.53 Å². The summed E-state index contributed by atoms with van der Waals surface area (Å²) in [5.41, 5.74) is 6.96. The number of benzene rings is 1. The molecule has 0 aliphatic carbocycles. The van der Waals surface area contributed by atoms with Crippen LogP contribution < -0.4 is 5.73 Å². The minimum Gasteiger partial charge on any atom is -0.398 e. The van der Waals surface area contributed by atoms with Gasteiger partial charge < -0.3 is 15.4 Å².